The number of benzene rings is 1. The molecule has 23 heavy (non-hydrogen) atoms. The molecule has 0 bridgehead atoms. The molecule has 2 aromatic rings. The van der Waals surface area contributed by atoms with Gasteiger partial charge in [-0.2, -0.15) is 0 Å². The quantitative estimate of drug-likeness (QED) is 0.911. The second-order valence-corrected chi connectivity index (χ2v) is 5.17. The van der Waals surface area contributed by atoms with Gasteiger partial charge in [-0.15, -0.1) is 0 Å². The molecule has 1 aromatic carbocycles. The molecule has 0 atom stereocenters. The molecule has 2 amide bonds. The standard InChI is InChI=1S/C15H17F2N5O/c1-8-13(9(2)19-14(18-8)22(3)4)21-15(23)20-12-7-10(16)5-6-11(12)17/h5-7H,1-4H3,(H2,20,21,23). The first kappa shape index (κ1) is 16.6. The average molecular weight is 321 g/mol. The number of hydrogen-bond donors (Lipinski definition) is 2. The Hall–Kier alpha value is -2.77. The van der Waals surface area contributed by atoms with Crippen molar-refractivity contribution in [1.29, 1.82) is 0 Å². The first-order valence-corrected chi connectivity index (χ1v) is 6.83. The van der Waals surface area contributed by atoms with Crippen molar-refractivity contribution in [2.45, 2.75) is 13.8 Å². The maximum atomic E-state index is 13.5. The van der Waals surface area contributed by atoms with Crippen LogP contribution in [0.4, 0.5) is 30.9 Å². The Labute approximate surface area is 132 Å². The minimum atomic E-state index is -0.728. The summed E-state index contributed by atoms with van der Waals surface area (Å²) in [5.74, 6) is -0.857. The van der Waals surface area contributed by atoms with Gasteiger partial charge in [0, 0.05) is 20.2 Å². The lowest BCUT2D eigenvalue weighted by molar-refractivity contribution is 0.262. The molecule has 2 N–H and O–H groups in total. The minimum absolute atomic E-state index is 0.247. The number of hydrogen-bond acceptors (Lipinski definition) is 4. The SMILES string of the molecule is Cc1nc(N(C)C)nc(C)c1NC(=O)Nc1cc(F)ccc1F. The first-order chi connectivity index (χ1) is 10.8. The summed E-state index contributed by atoms with van der Waals surface area (Å²) in [5.41, 5.74) is 1.31. The summed E-state index contributed by atoms with van der Waals surface area (Å²) in [6.07, 6.45) is 0. The van der Waals surface area contributed by atoms with Crippen molar-refractivity contribution in [2.75, 3.05) is 29.6 Å². The van der Waals surface area contributed by atoms with E-state index in [1.165, 1.54) is 0 Å². The fourth-order valence-corrected chi connectivity index (χ4v) is 1.94. The van der Waals surface area contributed by atoms with Crippen LogP contribution in [0, 0.1) is 25.5 Å². The summed E-state index contributed by atoms with van der Waals surface area (Å²) in [4.78, 5) is 22.3. The van der Waals surface area contributed by atoms with Crippen molar-refractivity contribution in [2.24, 2.45) is 0 Å². The predicted octanol–water partition coefficient (Wildman–Crippen LogP) is 3.08. The molecule has 0 unspecified atom stereocenters. The third-order valence-electron chi connectivity index (χ3n) is 3.07. The van der Waals surface area contributed by atoms with Gasteiger partial charge in [-0.1, -0.05) is 0 Å². The van der Waals surface area contributed by atoms with Gasteiger partial charge in [0.25, 0.3) is 0 Å². The van der Waals surface area contributed by atoms with Gasteiger partial charge in [0.1, 0.15) is 11.6 Å². The number of anilines is 3. The van der Waals surface area contributed by atoms with Crippen LogP contribution in [0.5, 0.6) is 0 Å². The van der Waals surface area contributed by atoms with E-state index >= 15 is 0 Å². The van der Waals surface area contributed by atoms with E-state index in [4.69, 9.17) is 0 Å². The Morgan fingerprint density at radius 2 is 1.70 bits per heavy atom. The van der Waals surface area contributed by atoms with Gasteiger partial charge in [0.15, 0.2) is 0 Å². The number of nitrogens with zero attached hydrogens (tertiary/aromatic N) is 3. The Bertz CT molecular complexity index is 726. The van der Waals surface area contributed by atoms with Gasteiger partial charge in [-0.3, -0.25) is 0 Å². The highest BCUT2D eigenvalue weighted by Crippen LogP contribution is 2.21. The van der Waals surface area contributed by atoms with E-state index in [2.05, 4.69) is 20.6 Å². The van der Waals surface area contributed by atoms with Crippen LogP contribution < -0.4 is 15.5 Å². The summed E-state index contributed by atoms with van der Waals surface area (Å²) in [5, 5.41) is 4.82. The van der Waals surface area contributed by atoms with Gasteiger partial charge < -0.3 is 15.5 Å². The van der Waals surface area contributed by atoms with Gasteiger partial charge in [0.2, 0.25) is 5.95 Å². The Balaban J connectivity index is 2.19. The van der Waals surface area contributed by atoms with Crippen LogP contribution in [0.3, 0.4) is 0 Å². The second kappa shape index (κ2) is 6.55. The number of urea groups is 1. The first-order valence-electron chi connectivity index (χ1n) is 6.83. The number of aromatic nitrogens is 2. The van der Waals surface area contributed by atoms with E-state index in [-0.39, 0.29) is 5.69 Å². The smallest absolute Gasteiger partial charge is 0.323 e. The number of aryl methyl sites for hydroxylation is 2. The third kappa shape index (κ3) is 3.91. The van der Waals surface area contributed by atoms with Gasteiger partial charge >= 0.3 is 6.03 Å². The van der Waals surface area contributed by atoms with E-state index in [0.717, 1.165) is 18.2 Å². The van der Waals surface area contributed by atoms with E-state index in [9.17, 15) is 13.6 Å². The largest absolute Gasteiger partial charge is 0.347 e. The molecule has 0 saturated heterocycles. The topological polar surface area (TPSA) is 70.2 Å². The van der Waals surface area contributed by atoms with Gasteiger partial charge in [0.05, 0.1) is 22.8 Å². The lowest BCUT2D eigenvalue weighted by Crippen LogP contribution is -2.23. The number of nitrogens with one attached hydrogen (secondary N) is 2. The normalized spacial score (nSPS) is 10.3. The van der Waals surface area contributed by atoms with Crippen LogP contribution in [0.25, 0.3) is 0 Å². The fourth-order valence-electron chi connectivity index (χ4n) is 1.94. The number of rotatable bonds is 3. The number of halogens is 2. The van der Waals surface area contributed by atoms with Crippen molar-refractivity contribution >= 4 is 23.4 Å². The van der Waals surface area contributed by atoms with Crippen molar-refractivity contribution < 1.29 is 13.6 Å². The molecule has 0 saturated carbocycles. The molecular weight excluding hydrogens is 304 g/mol. The highest BCUT2D eigenvalue weighted by molar-refractivity contribution is 6.00. The molecular formula is C15H17F2N5O. The molecule has 0 aliphatic heterocycles. The van der Waals surface area contributed by atoms with Gasteiger partial charge in [-0.25, -0.2) is 23.5 Å². The zero-order valence-corrected chi connectivity index (χ0v) is 13.2. The number of amides is 2. The molecule has 0 spiro atoms. The lowest BCUT2D eigenvalue weighted by Gasteiger charge is -2.16. The summed E-state index contributed by atoms with van der Waals surface area (Å²) < 4.78 is 26.6. The highest BCUT2D eigenvalue weighted by Gasteiger charge is 2.14. The molecule has 1 aromatic heterocycles. The summed E-state index contributed by atoms with van der Waals surface area (Å²) in [7, 11) is 3.61. The molecule has 0 aliphatic rings. The maximum absolute atomic E-state index is 13.5. The summed E-state index contributed by atoms with van der Waals surface area (Å²) in [6, 6.07) is 2.11. The second-order valence-electron chi connectivity index (χ2n) is 5.17. The predicted molar refractivity (Wildman–Crippen MR) is 84.8 cm³/mol. The minimum Gasteiger partial charge on any atom is -0.347 e. The van der Waals surface area contributed by atoms with Crippen LogP contribution in [0.2, 0.25) is 0 Å². The van der Waals surface area contributed by atoms with E-state index in [1.54, 1.807) is 32.8 Å². The molecule has 0 aliphatic carbocycles. The van der Waals surface area contributed by atoms with Crippen LogP contribution in [0.1, 0.15) is 11.4 Å². The molecule has 2 rings (SSSR count). The zero-order chi connectivity index (χ0) is 17.1. The molecule has 122 valence electrons. The highest BCUT2D eigenvalue weighted by atomic mass is 19.1. The van der Waals surface area contributed by atoms with Crippen LogP contribution in [-0.2, 0) is 0 Å². The van der Waals surface area contributed by atoms with E-state index in [1.807, 2.05) is 0 Å². The van der Waals surface area contributed by atoms with E-state index in [0.29, 0.717) is 23.0 Å². The average Bonchev–Trinajstić information content (AvgIpc) is 2.46. The lowest BCUT2D eigenvalue weighted by atomic mass is 10.3. The van der Waals surface area contributed by atoms with Crippen LogP contribution in [-0.4, -0.2) is 30.1 Å². The molecule has 1 heterocycles. The zero-order valence-electron chi connectivity index (χ0n) is 13.2. The Kier molecular flexibility index (Phi) is 4.73. The summed E-state index contributed by atoms with van der Waals surface area (Å²) >= 11 is 0. The van der Waals surface area contributed by atoms with Crippen LogP contribution in [0.15, 0.2) is 18.2 Å². The Morgan fingerprint density at radius 1 is 1.09 bits per heavy atom. The maximum Gasteiger partial charge on any atom is 0.323 e. The van der Waals surface area contributed by atoms with Crippen molar-refractivity contribution in [3.05, 3.63) is 41.2 Å². The fraction of sp³-hybridized carbons (Fsp3) is 0.267. The van der Waals surface area contributed by atoms with Crippen molar-refractivity contribution in [1.82, 2.24) is 9.97 Å². The van der Waals surface area contributed by atoms with Crippen LogP contribution >= 0.6 is 0 Å². The third-order valence-corrected chi connectivity index (χ3v) is 3.07. The molecule has 6 nitrogen and oxygen atoms in total. The summed E-state index contributed by atoms with van der Waals surface area (Å²) in [6.45, 7) is 3.44. The Morgan fingerprint density at radius 3 is 2.26 bits per heavy atom. The van der Waals surface area contributed by atoms with Gasteiger partial charge in [-0.05, 0) is 26.0 Å². The molecule has 0 fully saturated rings. The van der Waals surface area contributed by atoms with Crippen molar-refractivity contribution in [3.8, 4) is 0 Å². The monoisotopic (exact) mass is 321 g/mol. The number of carbonyl (C=O) groups is 1. The molecule has 8 heteroatoms. The van der Waals surface area contributed by atoms with Crippen molar-refractivity contribution in [3.63, 3.8) is 0 Å². The number of carbonyl (C=O) groups excluding carboxylic acids is 1. The van der Waals surface area contributed by atoms with E-state index < -0.39 is 17.7 Å². The molecule has 0 radical (unpaired) electrons.